The van der Waals surface area contributed by atoms with Crippen LogP contribution in [0.1, 0.15) is 20.8 Å². The van der Waals surface area contributed by atoms with Crippen molar-refractivity contribution in [2.75, 3.05) is 45.9 Å². The molecule has 0 aromatic rings. The van der Waals surface area contributed by atoms with Crippen molar-refractivity contribution in [1.29, 1.82) is 5.26 Å². The second-order valence-electron chi connectivity index (χ2n) is 5.27. The van der Waals surface area contributed by atoms with E-state index in [0.717, 1.165) is 26.2 Å². The van der Waals surface area contributed by atoms with Crippen molar-refractivity contribution in [2.24, 2.45) is 0 Å². The van der Waals surface area contributed by atoms with Gasteiger partial charge in [-0.15, -0.1) is 0 Å². The lowest BCUT2D eigenvalue weighted by Crippen LogP contribution is -2.55. The topological polar surface area (TPSA) is 59.7 Å². The first-order valence-corrected chi connectivity index (χ1v) is 6.64. The Kier molecular flexibility index (Phi) is 6.03. The Morgan fingerprint density at radius 3 is 2.44 bits per heavy atom. The third-order valence-corrected chi connectivity index (χ3v) is 3.42. The van der Waals surface area contributed by atoms with Crippen molar-refractivity contribution in [3.05, 3.63) is 0 Å². The average molecular weight is 255 g/mol. The first-order chi connectivity index (χ1) is 8.49. The highest BCUT2D eigenvalue weighted by Gasteiger charge is 2.30. The molecular weight excluding hydrogens is 230 g/mol. The molecule has 0 radical (unpaired) electrons. The molecule has 1 N–H and O–H groups in total. The predicted molar refractivity (Wildman–Crippen MR) is 70.2 cm³/mol. The smallest absolute Gasteiger partial charge is 0.103 e. The number of β-amino-alcohol motifs (C(OH)–C–C–N with tert-alkyl or cyclic N) is 1. The van der Waals surface area contributed by atoms with E-state index in [4.69, 9.17) is 10.00 Å². The summed E-state index contributed by atoms with van der Waals surface area (Å²) in [4.78, 5) is 4.42. The quantitative estimate of drug-likeness (QED) is 0.740. The van der Waals surface area contributed by atoms with Crippen molar-refractivity contribution >= 4 is 0 Å². The van der Waals surface area contributed by atoms with E-state index in [-0.39, 0.29) is 0 Å². The lowest BCUT2D eigenvalue weighted by atomic mass is 10.0. The molecule has 1 saturated heterocycles. The minimum Gasteiger partial charge on any atom is -0.389 e. The van der Waals surface area contributed by atoms with Gasteiger partial charge >= 0.3 is 0 Å². The Morgan fingerprint density at radius 2 is 1.94 bits per heavy atom. The number of aliphatic hydroxyl groups is 1. The predicted octanol–water partition coefficient (Wildman–Crippen LogP) is 0.304. The molecule has 0 saturated carbocycles. The molecule has 0 aromatic carbocycles. The molecule has 5 nitrogen and oxygen atoms in total. The number of hydrogen-bond donors (Lipinski definition) is 1. The molecule has 0 amide bonds. The van der Waals surface area contributed by atoms with Gasteiger partial charge in [0.1, 0.15) is 5.54 Å². The van der Waals surface area contributed by atoms with Crippen LogP contribution in [0.5, 0.6) is 0 Å². The van der Waals surface area contributed by atoms with Gasteiger partial charge in [0, 0.05) is 39.3 Å². The molecule has 1 atom stereocenters. The van der Waals surface area contributed by atoms with E-state index in [9.17, 15) is 5.11 Å². The van der Waals surface area contributed by atoms with E-state index < -0.39 is 11.6 Å². The summed E-state index contributed by atoms with van der Waals surface area (Å²) in [6.07, 6.45) is -0.416. The maximum absolute atomic E-state index is 9.77. The van der Waals surface area contributed by atoms with Crippen molar-refractivity contribution in [1.82, 2.24) is 9.80 Å². The molecule has 1 aliphatic heterocycles. The summed E-state index contributed by atoms with van der Waals surface area (Å²) in [6, 6.07) is 2.33. The highest BCUT2D eigenvalue weighted by Crippen LogP contribution is 2.15. The molecule has 0 spiro atoms. The monoisotopic (exact) mass is 255 g/mol. The van der Waals surface area contributed by atoms with Crippen LogP contribution in [0.25, 0.3) is 0 Å². The summed E-state index contributed by atoms with van der Waals surface area (Å²) in [7, 11) is 0. The Hall–Kier alpha value is -0.670. The molecular formula is C13H25N3O2. The number of rotatable bonds is 6. The van der Waals surface area contributed by atoms with Crippen LogP contribution in [0.3, 0.4) is 0 Å². The van der Waals surface area contributed by atoms with Gasteiger partial charge in [-0.05, 0) is 20.8 Å². The first kappa shape index (κ1) is 15.4. The zero-order valence-corrected chi connectivity index (χ0v) is 11.7. The summed E-state index contributed by atoms with van der Waals surface area (Å²) in [5.74, 6) is 0. The van der Waals surface area contributed by atoms with Crippen LogP contribution in [0.2, 0.25) is 0 Å². The molecule has 1 rings (SSSR count). The van der Waals surface area contributed by atoms with Crippen molar-refractivity contribution in [2.45, 2.75) is 32.4 Å². The summed E-state index contributed by atoms with van der Waals surface area (Å²) in [5.41, 5.74) is -0.393. The number of nitrogens with zero attached hydrogens (tertiary/aromatic N) is 3. The molecule has 104 valence electrons. The minimum atomic E-state index is -0.416. The number of piperazine rings is 1. The van der Waals surface area contributed by atoms with Crippen LogP contribution < -0.4 is 0 Å². The Morgan fingerprint density at radius 1 is 1.33 bits per heavy atom. The van der Waals surface area contributed by atoms with Gasteiger partial charge in [0.2, 0.25) is 0 Å². The maximum Gasteiger partial charge on any atom is 0.103 e. The average Bonchev–Trinajstić information content (AvgIpc) is 2.37. The van der Waals surface area contributed by atoms with Gasteiger partial charge in [-0.2, -0.15) is 5.26 Å². The molecule has 0 aromatic heterocycles. The van der Waals surface area contributed by atoms with Crippen LogP contribution in [-0.4, -0.2) is 72.5 Å². The first-order valence-electron chi connectivity index (χ1n) is 6.64. The summed E-state index contributed by atoms with van der Waals surface area (Å²) in [5, 5.41) is 18.9. The fourth-order valence-electron chi connectivity index (χ4n) is 2.16. The van der Waals surface area contributed by atoms with Crippen LogP contribution >= 0.6 is 0 Å². The fraction of sp³-hybridized carbons (Fsp3) is 0.923. The summed E-state index contributed by atoms with van der Waals surface area (Å²) in [6.45, 7) is 11.1. The zero-order chi connectivity index (χ0) is 13.6. The van der Waals surface area contributed by atoms with E-state index in [1.54, 1.807) is 0 Å². The van der Waals surface area contributed by atoms with E-state index in [2.05, 4.69) is 15.9 Å². The molecule has 0 bridgehead atoms. The molecule has 0 aliphatic carbocycles. The SMILES string of the molecule is CCOCC(O)CN1CCN(C(C)(C)C#N)CC1. The zero-order valence-electron chi connectivity index (χ0n) is 11.7. The van der Waals surface area contributed by atoms with E-state index in [0.29, 0.717) is 19.8 Å². The van der Waals surface area contributed by atoms with E-state index >= 15 is 0 Å². The van der Waals surface area contributed by atoms with Gasteiger partial charge in [0.15, 0.2) is 0 Å². The van der Waals surface area contributed by atoms with E-state index in [1.807, 2.05) is 20.8 Å². The normalized spacial score (nSPS) is 20.6. The largest absolute Gasteiger partial charge is 0.389 e. The standard InChI is InChI=1S/C13H25N3O2/c1-4-18-10-12(17)9-15-5-7-16(8-6-15)13(2,3)11-14/h12,17H,4-10H2,1-3H3. The molecule has 5 heteroatoms. The molecule has 1 unspecified atom stereocenters. The van der Waals surface area contributed by atoms with Crippen LogP contribution in [0.15, 0.2) is 0 Å². The second-order valence-corrected chi connectivity index (χ2v) is 5.27. The summed E-state index contributed by atoms with van der Waals surface area (Å²) < 4.78 is 5.20. The molecule has 1 fully saturated rings. The van der Waals surface area contributed by atoms with Crippen LogP contribution in [0, 0.1) is 11.3 Å². The third kappa shape index (κ3) is 4.54. The van der Waals surface area contributed by atoms with Gasteiger partial charge in [-0.1, -0.05) is 0 Å². The van der Waals surface area contributed by atoms with Gasteiger partial charge in [0.05, 0.1) is 18.8 Å². The molecule has 18 heavy (non-hydrogen) atoms. The van der Waals surface area contributed by atoms with Gasteiger partial charge in [-0.3, -0.25) is 9.80 Å². The van der Waals surface area contributed by atoms with E-state index in [1.165, 1.54) is 0 Å². The minimum absolute atomic E-state index is 0.393. The lowest BCUT2D eigenvalue weighted by molar-refractivity contribution is 0.00388. The number of ether oxygens (including phenoxy) is 1. The second kappa shape index (κ2) is 7.05. The highest BCUT2D eigenvalue weighted by molar-refractivity contribution is 5.02. The third-order valence-electron chi connectivity index (χ3n) is 3.42. The van der Waals surface area contributed by atoms with Crippen LogP contribution in [-0.2, 0) is 4.74 Å². The molecule has 1 heterocycles. The highest BCUT2D eigenvalue weighted by atomic mass is 16.5. The Balaban J connectivity index is 2.30. The molecule has 1 aliphatic rings. The van der Waals surface area contributed by atoms with Crippen molar-refractivity contribution in [3.8, 4) is 6.07 Å². The van der Waals surface area contributed by atoms with Gasteiger partial charge < -0.3 is 9.84 Å². The number of nitriles is 1. The fourth-order valence-corrected chi connectivity index (χ4v) is 2.16. The Bertz CT molecular complexity index is 280. The van der Waals surface area contributed by atoms with Gasteiger partial charge in [-0.25, -0.2) is 0 Å². The Labute approximate surface area is 110 Å². The lowest BCUT2D eigenvalue weighted by Gasteiger charge is -2.40. The van der Waals surface area contributed by atoms with Crippen molar-refractivity contribution in [3.63, 3.8) is 0 Å². The van der Waals surface area contributed by atoms with Crippen LogP contribution in [0.4, 0.5) is 0 Å². The number of aliphatic hydroxyl groups excluding tert-OH is 1. The van der Waals surface area contributed by atoms with Gasteiger partial charge in [0.25, 0.3) is 0 Å². The maximum atomic E-state index is 9.77. The van der Waals surface area contributed by atoms with Crippen molar-refractivity contribution < 1.29 is 9.84 Å². The number of hydrogen-bond acceptors (Lipinski definition) is 5. The summed E-state index contributed by atoms with van der Waals surface area (Å²) >= 11 is 0.